The van der Waals surface area contributed by atoms with Crippen molar-refractivity contribution in [2.75, 3.05) is 19.5 Å². The molecule has 4 rings (SSSR count). The van der Waals surface area contributed by atoms with Crippen LogP contribution in [0.15, 0.2) is 42.6 Å². The third kappa shape index (κ3) is 2.80. The molecule has 0 saturated carbocycles. The summed E-state index contributed by atoms with van der Waals surface area (Å²) in [5.41, 5.74) is 2.25. The Balaban J connectivity index is 1.68. The van der Waals surface area contributed by atoms with Crippen molar-refractivity contribution in [1.82, 2.24) is 15.0 Å². The minimum Gasteiger partial charge on any atom is -0.495 e. The van der Waals surface area contributed by atoms with Gasteiger partial charge in [-0.05, 0) is 24.3 Å². The molecule has 2 heterocycles. The summed E-state index contributed by atoms with van der Waals surface area (Å²) in [7, 11) is 3.16. The van der Waals surface area contributed by atoms with Gasteiger partial charge in [-0.15, -0.1) is 0 Å². The lowest BCUT2D eigenvalue weighted by Crippen LogP contribution is -2.13. The summed E-state index contributed by atoms with van der Waals surface area (Å²) in [6.07, 6.45) is 1.45. The predicted molar refractivity (Wildman–Crippen MR) is 100 cm³/mol. The zero-order valence-electron chi connectivity index (χ0n) is 14.0. The summed E-state index contributed by atoms with van der Waals surface area (Å²) in [6.45, 7) is 0. The van der Waals surface area contributed by atoms with Crippen LogP contribution < -0.4 is 14.8 Å². The van der Waals surface area contributed by atoms with E-state index in [1.807, 2.05) is 24.3 Å². The second-order valence-electron chi connectivity index (χ2n) is 5.36. The molecule has 0 fully saturated rings. The smallest absolute Gasteiger partial charge is 0.277 e. The number of amides is 1. The number of nitrogens with one attached hydrogen (secondary N) is 1. The molecule has 0 bridgehead atoms. The van der Waals surface area contributed by atoms with Crippen LogP contribution in [0.1, 0.15) is 10.5 Å². The van der Waals surface area contributed by atoms with Crippen molar-refractivity contribution in [3.05, 3.63) is 48.3 Å². The highest BCUT2D eigenvalue weighted by molar-refractivity contribution is 7.22. The maximum atomic E-state index is 12.5. The van der Waals surface area contributed by atoms with Crippen molar-refractivity contribution in [3.8, 4) is 11.5 Å². The first-order valence-corrected chi connectivity index (χ1v) is 8.56. The van der Waals surface area contributed by atoms with Gasteiger partial charge in [-0.1, -0.05) is 23.5 Å². The van der Waals surface area contributed by atoms with E-state index in [2.05, 4.69) is 20.3 Å². The molecule has 8 heteroatoms. The van der Waals surface area contributed by atoms with Gasteiger partial charge in [0.1, 0.15) is 27.4 Å². The molecule has 0 aliphatic heterocycles. The first-order chi connectivity index (χ1) is 12.7. The van der Waals surface area contributed by atoms with Gasteiger partial charge in [0.2, 0.25) is 0 Å². The van der Waals surface area contributed by atoms with Crippen LogP contribution in [-0.2, 0) is 0 Å². The molecule has 130 valence electrons. The maximum Gasteiger partial charge on any atom is 0.277 e. The summed E-state index contributed by atoms with van der Waals surface area (Å²) in [5.74, 6) is 0.910. The summed E-state index contributed by atoms with van der Waals surface area (Å²) in [5, 5.41) is 3.20. The molecule has 1 N–H and O–H groups in total. The Kier molecular flexibility index (Phi) is 4.10. The maximum absolute atomic E-state index is 12.5. The van der Waals surface area contributed by atoms with E-state index >= 15 is 0 Å². The highest BCUT2D eigenvalue weighted by Crippen LogP contribution is 2.38. The number of carbonyl (C=O) groups is 1. The van der Waals surface area contributed by atoms with E-state index in [0.717, 1.165) is 10.2 Å². The summed E-state index contributed by atoms with van der Waals surface area (Å²) < 4.78 is 11.5. The van der Waals surface area contributed by atoms with E-state index in [1.165, 1.54) is 17.5 Å². The van der Waals surface area contributed by atoms with Crippen LogP contribution in [0, 0.1) is 0 Å². The fourth-order valence-electron chi connectivity index (χ4n) is 2.57. The van der Waals surface area contributed by atoms with Gasteiger partial charge in [-0.2, -0.15) is 0 Å². The number of methoxy groups -OCH3 is 2. The number of nitrogens with zero attached hydrogens (tertiary/aromatic N) is 3. The number of anilines is 1. The number of thiazole rings is 1. The molecule has 4 aromatic rings. The van der Waals surface area contributed by atoms with E-state index in [0.29, 0.717) is 27.7 Å². The molecule has 2 aromatic heterocycles. The summed E-state index contributed by atoms with van der Waals surface area (Å²) in [6, 6.07) is 11.0. The van der Waals surface area contributed by atoms with Gasteiger partial charge in [0.15, 0.2) is 5.13 Å². The van der Waals surface area contributed by atoms with Gasteiger partial charge >= 0.3 is 0 Å². The number of rotatable bonds is 4. The minimum absolute atomic E-state index is 0.224. The topological polar surface area (TPSA) is 86.2 Å². The van der Waals surface area contributed by atoms with Crippen LogP contribution in [0.2, 0.25) is 0 Å². The summed E-state index contributed by atoms with van der Waals surface area (Å²) >= 11 is 1.31. The van der Waals surface area contributed by atoms with Crippen molar-refractivity contribution in [2.24, 2.45) is 0 Å². The number of aromatic nitrogens is 3. The molecule has 0 radical (unpaired) electrons. The van der Waals surface area contributed by atoms with Crippen LogP contribution in [0.5, 0.6) is 11.5 Å². The third-order valence-electron chi connectivity index (χ3n) is 3.81. The fraction of sp³-hybridized carbons (Fsp3) is 0.111. The van der Waals surface area contributed by atoms with Gasteiger partial charge in [-0.3, -0.25) is 15.1 Å². The molecule has 0 atom stereocenters. The van der Waals surface area contributed by atoms with Crippen molar-refractivity contribution in [3.63, 3.8) is 0 Å². The Morgan fingerprint density at radius 2 is 1.73 bits per heavy atom. The summed E-state index contributed by atoms with van der Waals surface area (Å²) in [4.78, 5) is 25.6. The van der Waals surface area contributed by atoms with Crippen LogP contribution in [0.3, 0.4) is 0 Å². The van der Waals surface area contributed by atoms with Gasteiger partial charge < -0.3 is 9.47 Å². The van der Waals surface area contributed by atoms with E-state index in [-0.39, 0.29) is 11.6 Å². The molecule has 1 amide bonds. The monoisotopic (exact) mass is 366 g/mol. The Labute approximate surface area is 152 Å². The number of fused-ring (bicyclic) bond motifs is 2. The van der Waals surface area contributed by atoms with Gasteiger partial charge in [0, 0.05) is 0 Å². The lowest BCUT2D eigenvalue weighted by atomic mass is 10.3. The zero-order valence-corrected chi connectivity index (χ0v) is 14.8. The Morgan fingerprint density at radius 3 is 2.50 bits per heavy atom. The highest BCUT2D eigenvalue weighted by atomic mass is 32.1. The normalized spacial score (nSPS) is 10.8. The molecule has 0 unspecified atom stereocenters. The third-order valence-corrected chi connectivity index (χ3v) is 4.80. The number of hydrogen-bond donors (Lipinski definition) is 1. The predicted octanol–water partition coefficient (Wildman–Crippen LogP) is 3.51. The number of benzene rings is 2. The van der Waals surface area contributed by atoms with Crippen LogP contribution >= 0.6 is 11.3 Å². The fourth-order valence-corrected chi connectivity index (χ4v) is 3.54. The number of carbonyl (C=O) groups excluding carboxylic acids is 1. The second kappa shape index (κ2) is 6.57. The molecule has 0 aliphatic rings. The minimum atomic E-state index is -0.375. The quantitative estimate of drug-likeness (QED) is 0.595. The van der Waals surface area contributed by atoms with E-state index in [9.17, 15) is 4.79 Å². The van der Waals surface area contributed by atoms with Crippen LogP contribution in [-0.4, -0.2) is 35.1 Å². The van der Waals surface area contributed by atoms with Gasteiger partial charge in [-0.25, -0.2) is 9.97 Å². The van der Waals surface area contributed by atoms with Gasteiger partial charge in [0.05, 0.1) is 31.4 Å². The van der Waals surface area contributed by atoms with Crippen molar-refractivity contribution in [2.45, 2.75) is 0 Å². The van der Waals surface area contributed by atoms with E-state index in [1.54, 1.807) is 26.4 Å². The van der Waals surface area contributed by atoms with Crippen molar-refractivity contribution >= 4 is 43.6 Å². The largest absolute Gasteiger partial charge is 0.495 e. The Bertz CT molecular complexity index is 1090. The van der Waals surface area contributed by atoms with Crippen molar-refractivity contribution < 1.29 is 14.3 Å². The lowest BCUT2D eigenvalue weighted by molar-refractivity contribution is 0.102. The number of para-hydroxylation sites is 2. The molecule has 26 heavy (non-hydrogen) atoms. The first-order valence-electron chi connectivity index (χ1n) is 7.74. The molecule has 0 spiro atoms. The van der Waals surface area contributed by atoms with Crippen LogP contribution in [0.25, 0.3) is 21.3 Å². The second-order valence-corrected chi connectivity index (χ2v) is 6.36. The highest BCUT2D eigenvalue weighted by Gasteiger charge is 2.16. The van der Waals surface area contributed by atoms with E-state index in [4.69, 9.17) is 9.47 Å². The van der Waals surface area contributed by atoms with Crippen molar-refractivity contribution in [1.29, 1.82) is 0 Å². The average molecular weight is 366 g/mol. The molecule has 0 saturated heterocycles. The lowest BCUT2D eigenvalue weighted by Gasteiger charge is -2.03. The van der Waals surface area contributed by atoms with E-state index < -0.39 is 0 Å². The Hall–Kier alpha value is -3.26. The molecule has 7 nitrogen and oxygen atoms in total. The molecular formula is C18H14N4O3S. The number of hydrogen-bond acceptors (Lipinski definition) is 7. The zero-order chi connectivity index (χ0) is 18.1. The molecular weight excluding hydrogens is 352 g/mol. The van der Waals surface area contributed by atoms with Crippen LogP contribution in [0.4, 0.5) is 5.13 Å². The van der Waals surface area contributed by atoms with Gasteiger partial charge in [0.25, 0.3) is 5.91 Å². The molecule has 2 aromatic carbocycles. The molecule has 0 aliphatic carbocycles. The Morgan fingerprint density at radius 1 is 1.00 bits per heavy atom. The number of ether oxygens (including phenoxy) is 2. The standard InChI is InChI=1S/C18H14N4O3S/c1-24-13-7-8-14(25-2)16-15(13)21-18(26-16)22-17(23)12-9-19-10-5-3-4-6-11(10)20-12/h3-9H,1-2H3,(H,21,22,23). The average Bonchev–Trinajstić information content (AvgIpc) is 3.10. The first kappa shape index (κ1) is 16.2. The SMILES string of the molecule is COc1ccc(OC)c2sc(NC(=O)c3cnc4ccccc4n3)nc12.